The molecule has 0 saturated heterocycles. The van der Waals surface area contributed by atoms with Gasteiger partial charge in [0.15, 0.2) is 0 Å². The zero-order valence-corrected chi connectivity index (χ0v) is 12.3. The van der Waals surface area contributed by atoms with Crippen LogP contribution in [0.1, 0.15) is 47.0 Å². The Kier molecular flexibility index (Phi) is 10.6. The molecule has 0 amide bonds. The van der Waals surface area contributed by atoms with Gasteiger partial charge in [-0.25, -0.2) is 0 Å². The van der Waals surface area contributed by atoms with Gasteiger partial charge in [0.1, 0.15) is 0 Å². The van der Waals surface area contributed by atoms with Gasteiger partial charge >= 0.3 is 0 Å². The number of aliphatic hydroxyl groups excluding tert-OH is 2. The lowest BCUT2D eigenvalue weighted by Gasteiger charge is -2.10. The molecule has 3 unspecified atom stereocenters. The maximum atomic E-state index is 8.69. The van der Waals surface area contributed by atoms with E-state index in [4.69, 9.17) is 19.7 Å². The minimum absolute atomic E-state index is 0.00667. The van der Waals surface area contributed by atoms with Crippen LogP contribution in [0.25, 0.3) is 0 Å². The van der Waals surface area contributed by atoms with E-state index in [-0.39, 0.29) is 12.7 Å². The molecule has 110 valence electrons. The molecule has 0 aliphatic heterocycles. The summed E-state index contributed by atoms with van der Waals surface area (Å²) >= 11 is 0. The summed E-state index contributed by atoms with van der Waals surface area (Å²) in [6.07, 6.45) is 3.87. The van der Waals surface area contributed by atoms with Crippen molar-refractivity contribution in [2.24, 2.45) is 5.92 Å². The summed E-state index contributed by atoms with van der Waals surface area (Å²) in [4.78, 5) is 0. The maximum absolute atomic E-state index is 8.69. The fourth-order valence-corrected chi connectivity index (χ4v) is 1.01. The van der Waals surface area contributed by atoms with Crippen molar-refractivity contribution in [1.82, 2.24) is 0 Å². The first-order valence-corrected chi connectivity index (χ1v) is 7.01. The van der Waals surface area contributed by atoms with E-state index < -0.39 is 6.10 Å². The van der Waals surface area contributed by atoms with Crippen LogP contribution in [-0.4, -0.2) is 48.3 Å². The van der Waals surface area contributed by atoms with Crippen molar-refractivity contribution in [1.29, 1.82) is 0 Å². The molecule has 0 aromatic rings. The number of rotatable bonds is 8. The molecule has 1 rings (SSSR count). The van der Waals surface area contributed by atoms with Crippen molar-refractivity contribution in [2.45, 2.75) is 65.3 Å². The molecular formula is C14H30O4. The predicted octanol–water partition coefficient (Wildman–Crippen LogP) is 1.98. The first kappa shape index (κ1) is 17.8. The van der Waals surface area contributed by atoms with E-state index in [1.54, 1.807) is 13.8 Å². The van der Waals surface area contributed by atoms with E-state index >= 15 is 0 Å². The van der Waals surface area contributed by atoms with Gasteiger partial charge in [-0.15, -0.1) is 0 Å². The van der Waals surface area contributed by atoms with E-state index in [1.165, 1.54) is 19.3 Å². The summed E-state index contributed by atoms with van der Waals surface area (Å²) in [6.45, 7) is 9.12. The summed E-state index contributed by atoms with van der Waals surface area (Å²) in [5.41, 5.74) is 0. The predicted molar refractivity (Wildman–Crippen MR) is 72.6 cm³/mol. The third-order valence-electron chi connectivity index (χ3n) is 2.72. The molecule has 2 N–H and O–H groups in total. The number of aliphatic hydroxyl groups is 2. The highest BCUT2D eigenvalue weighted by Gasteiger charge is 2.22. The summed E-state index contributed by atoms with van der Waals surface area (Å²) in [5, 5.41) is 17.1. The zero-order valence-electron chi connectivity index (χ0n) is 12.3. The molecule has 4 nitrogen and oxygen atoms in total. The van der Waals surface area contributed by atoms with Crippen molar-refractivity contribution >= 4 is 0 Å². The molecule has 4 heteroatoms. The molecule has 0 bridgehead atoms. The van der Waals surface area contributed by atoms with Crippen LogP contribution in [0.15, 0.2) is 0 Å². The Morgan fingerprint density at radius 3 is 2.17 bits per heavy atom. The van der Waals surface area contributed by atoms with Crippen LogP contribution < -0.4 is 0 Å². The maximum Gasteiger partial charge on any atom is 0.0779 e. The van der Waals surface area contributed by atoms with Gasteiger partial charge in [-0.1, -0.05) is 20.3 Å². The van der Waals surface area contributed by atoms with E-state index in [2.05, 4.69) is 13.8 Å². The van der Waals surface area contributed by atoms with Crippen molar-refractivity contribution in [2.75, 3.05) is 19.8 Å². The van der Waals surface area contributed by atoms with Crippen LogP contribution in [-0.2, 0) is 9.47 Å². The Bertz CT molecular complexity index is 169. The van der Waals surface area contributed by atoms with Crippen molar-refractivity contribution in [3.63, 3.8) is 0 Å². The SMILES string of the molecule is CC(O)COC(C)CO.CCC(C)COC1CC1. The van der Waals surface area contributed by atoms with Crippen molar-refractivity contribution in [3.8, 4) is 0 Å². The third-order valence-corrected chi connectivity index (χ3v) is 2.72. The quantitative estimate of drug-likeness (QED) is 0.702. The first-order valence-electron chi connectivity index (χ1n) is 7.01. The lowest BCUT2D eigenvalue weighted by Crippen LogP contribution is -2.19. The van der Waals surface area contributed by atoms with Gasteiger partial charge in [0.2, 0.25) is 0 Å². The number of ether oxygens (including phenoxy) is 2. The Morgan fingerprint density at radius 2 is 1.78 bits per heavy atom. The lowest BCUT2D eigenvalue weighted by atomic mass is 10.1. The molecule has 1 fully saturated rings. The monoisotopic (exact) mass is 262 g/mol. The molecule has 0 aromatic heterocycles. The van der Waals surface area contributed by atoms with Gasteiger partial charge in [-0.2, -0.15) is 0 Å². The van der Waals surface area contributed by atoms with E-state index in [1.807, 2.05) is 0 Å². The highest BCUT2D eigenvalue weighted by atomic mass is 16.5. The summed E-state index contributed by atoms with van der Waals surface area (Å²) in [5.74, 6) is 0.755. The normalized spacial score (nSPS) is 19.7. The summed E-state index contributed by atoms with van der Waals surface area (Å²) < 4.78 is 10.5. The van der Waals surface area contributed by atoms with Crippen LogP contribution in [0.3, 0.4) is 0 Å². The van der Waals surface area contributed by atoms with Gasteiger partial charge in [0.25, 0.3) is 0 Å². The molecule has 1 saturated carbocycles. The smallest absolute Gasteiger partial charge is 0.0779 e. The fourth-order valence-electron chi connectivity index (χ4n) is 1.01. The second-order valence-electron chi connectivity index (χ2n) is 5.22. The van der Waals surface area contributed by atoms with Crippen LogP contribution >= 0.6 is 0 Å². The number of hydrogen-bond acceptors (Lipinski definition) is 4. The topological polar surface area (TPSA) is 58.9 Å². The summed E-state index contributed by atoms with van der Waals surface area (Å²) in [6, 6.07) is 0. The molecule has 1 aliphatic rings. The average Bonchev–Trinajstić information content (AvgIpc) is 3.17. The number of hydrogen-bond donors (Lipinski definition) is 2. The van der Waals surface area contributed by atoms with Crippen LogP contribution in [0, 0.1) is 5.92 Å². The van der Waals surface area contributed by atoms with E-state index in [0.717, 1.165) is 12.5 Å². The van der Waals surface area contributed by atoms with Crippen molar-refractivity contribution in [3.05, 3.63) is 0 Å². The molecule has 1 aliphatic carbocycles. The molecule has 0 heterocycles. The Balaban J connectivity index is 0.000000321. The Hall–Kier alpha value is -0.160. The van der Waals surface area contributed by atoms with E-state index in [9.17, 15) is 0 Å². The first-order chi connectivity index (χ1) is 8.49. The van der Waals surface area contributed by atoms with Gasteiger partial charge in [-0.3, -0.25) is 0 Å². The molecular weight excluding hydrogens is 232 g/mol. The minimum atomic E-state index is -0.445. The van der Waals surface area contributed by atoms with Crippen LogP contribution in [0.2, 0.25) is 0 Å². The minimum Gasteiger partial charge on any atom is -0.394 e. The second-order valence-corrected chi connectivity index (χ2v) is 5.22. The average molecular weight is 262 g/mol. The van der Waals surface area contributed by atoms with Gasteiger partial charge in [-0.05, 0) is 32.6 Å². The van der Waals surface area contributed by atoms with E-state index in [0.29, 0.717) is 12.7 Å². The van der Waals surface area contributed by atoms with Gasteiger partial charge in [0.05, 0.1) is 31.5 Å². The summed E-state index contributed by atoms with van der Waals surface area (Å²) in [7, 11) is 0. The zero-order chi connectivity index (χ0) is 14.0. The largest absolute Gasteiger partial charge is 0.394 e. The van der Waals surface area contributed by atoms with Gasteiger partial charge in [0, 0.05) is 6.61 Å². The molecule has 0 radical (unpaired) electrons. The standard InChI is InChI=1S/C8H16O.C6H14O3/c1-3-7(2)6-9-8-4-5-8;1-5(8)4-9-6(2)3-7/h7-8H,3-6H2,1-2H3;5-8H,3-4H2,1-2H3. The van der Waals surface area contributed by atoms with Gasteiger partial charge < -0.3 is 19.7 Å². The highest BCUT2D eigenvalue weighted by molar-refractivity contribution is 4.73. The fraction of sp³-hybridized carbons (Fsp3) is 1.00. The molecule has 18 heavy (non-hydrogen) atoms. The second kappa shape index (κ2) is 10.7. The Morgan fingerprint density at radius 1 is 1.17 bits per heavy atom. The third kappa shape index (κ3) is 12.3. The molecule has 0 aromatic carbocycles. The lowest BCUT2D eigenvalue weighted by molar-refractivity contribution is -0.0177. The Labute approximate surface area is 111 Å². The molecule has 3 atom stereocenters. The van der Waals surface area contributed by atoms with Crippen LogP contribution in [0.4, 0.5) is 0 Å². The molecule has 0 spiro atoms. The highest BCUT2D eigenvalue weighted by Crippen LogP contribution is 2.24. The van der Waals surface area contributed by atoms with Crippen molar-refractivity contribution < 1.29 is 19.7 Å². The van der Waals surface area contributed by atoms with Crippen LogP contribution in [0.5, 0.6) is 0 Å².